The van der Waals surface area contributed by atoms with Crippen molar-refractivity contribution >= 4 is 15.9 Å². The van der Waals surface area contributed by atoms with Gasteiger partial charge in [0.1, 0.15) is 23.0 Å². The molecule has 0 saturated carbocycles. The first kappa shape index (κ1) is 20.8. The molecule has 2 fully saturated rings. The number of likely N-dealkylation sites (tertiary alicyclic amines) is 1. The zero-order chi connectivity index (χ0) is 21.5. The van der Waals surface area contributed by atoms with E-state index in [2.05, 4.69) is 0 Å². The molecule has 0 radical (unpaired) electrons. The molecule has 0 spiro atoms. The monoisotopic (exact) mass is 440 g/mol. The highest BCUT2D eigenvalue weighted by Crippen LogP contribution is 2.29. The van der Waals surface area contributed by atoms with Crippen molar-refractivity contribution in [2.75, 3.05) is 25.4 Å². The summed E-state index contributed by atoms with van der Waals surface area (Å²) in [6, 6.07) is 7.96. The van der Waals surface area contributed by atoms with Crippen LogP contribution in [0.1, 0.15) is 15.9 Å². The fourth-order valence-corrected chi connectivity index (χ4v) is 5.38. The minimum atomic E-state index is -3.76. The molecular weight excluding hydrogens is 421 g/mol. The van der Waals surface area contributed by atoms with Crippen molar-refractivity contribution in [2.24, 2.45) is 0 Å². The van der Waals surface area contributed by atoms with Gasteiger partial charge in [-0.15, -0.1) is 0 Å². The van der Waals surface area contributed by atoms with Gasteiger partial charge in [-0.2, -0.15) is 4.31 Å². The summed E-state index contributed by atoms with van der Waals surface area (Å²) in [5.41, 5.74) is -0.238. The van der Waals surface area contributed by atoms with E-state index in [4.69, 9.17) is 4.74 Å². The van der Waals surface area contributed by atoms with E-state index in [1.165, 1.54) is 27.4 Å². The normalized spacial score (nSPS) is 23.8. The summed E-state index contributed by atoms with van der Waals surface area (Å²) in [6.45, 7) is -0.266. The standard InChI is InChI=1S/C20H19F3N2O4S/c21-14-4-1-3-13(9-14)10-25-17-11-24(12-18(17)29-7-8-30(25,27)28)20(26)19-15(22)5-2-6-16(19)23/h1-6,9,17-18H,7-8,10-12H2/t17-,18+/m1/s1. The Kier molecular flexibility index (Phi) is 5.56. The summed E-state index contributed by atoms with van der Waals surface area (Å²) in [7, 11) is -3.76. The third kappa shape index (κ3) is 3.94. The lowest BCUT2D eigenvalue weighted by Gasteiger charge is -2.28. The van der Waals surface area contributed by atoms with Crippen LogP contribution in [0.2, 0.25) is 0 Å². The fourth-order valence-electron chi connectivity index (χ4n) is 3.88. The molecule has 2 aliphatic heterocycles. The molecular formula is C20H19F3N2O4S. The zero-order valence-corrected chi connectivity index (χ0v) is 16.6. The Bertz CT molecular complexity index is 1060. The number of benzene rings is 2. The minimum Gasteiger partial charge on any atom is -0.374 e. The van der Waals surface area contributed by atoms with E-state index in [0.717, 1.165) is 18.2 Å². The van der Waals surface area contributed by atoms with E-state index < -0.39 is 51.1 Å². The third-order valence-electron chi connectivity index (χ3n) is 5.33. The summed E-state index contributed by atoms with van der Waals surface area (Å²) in [4.78, 5) is 14.0. The van der Waals surface area contributed by atoms with Gasteiger partial charge in [0.15, 0.2) is 0 Å². The van der Waals surface area contributed by atoms with E-state index >= 15 is 0 Å². The maximum Gasteiger partial charge on any atom is 0.259 e. The second-order valence-corrected chi connectivity index (χ2v) is 9.32. The Labute approximate surface area is 171 Å². The van der Waals surface area contributed by atoms with Gasteiger partial charge < -0.3 is 9.64 Å². The smallest absolute Gasteiger partial charge is 0.259 e. The molecule has 2 saturated heterocycles. The van der Waals surface area contributed by atoms with Gasteiger partial charge in [-0.3, -0.25) is 4.79 Å². The Morgan fingerprint density at radius 3 is 2.47 bits per heavy atom. The molecule has 0 aromatic heterocycles. The van der Waals surface area contributed by atoms with Crippen LogP contribution in [0.3, 0.4) is 0 Å². The number of sulfonamides is 1. The Morgan fingerprint density at radius 2 is 1.77 bits per heavy atom. The van der Waals surface area contributed by atoms with E-state index in [0.29, 0.717) is 5.56 Å². The average Bonchev–Trinajstić information content (AvgIpc) is 3.05. The van der Waals surface area contributed by atoms with Crippen molar-refractivity contribution in [1.82, 2.24) is 9.21 Å². The summed E-state index contributed by atoms with van der Waals surface area (Å²) in [6.07, 6.45) is -0.658. The molecule has 6 nitrogen and oxygen atoms in total. The highest BCUT2D eigenvalue weighted by atomic mass is 32.2. The molecule has 0 N–H and O–H groups in total. The topological polar surface area (TPSA) is 66.9 Å². The molecule has 2 aromatic carbocycles. The summed E-state index contributed by atoms with van der Waals surface area (Å²) >= 11 is 0. The van der Waals surface area contributed by atoms with Crippen LogP contribution in [-0.2, 0) is 21.3 Å². The number of ether oxygens (including phenoxy) is 1. The minimum absolute atomic E-state index is 0.00749. The molecule has 0 aliphatic carbocycles. The number of hydrogen-bond donors (Lipinski definition) is 0. The molecule has 10 heteroatoms. The quantitative estimate of drug-likeness (QED) is 0.734. The first-order valence-corrected chi connectivity index (χ1v) is 11.0. The second-order valence-electron chi connectivity index (χ2n) is 7.27. The average molecular weight is 440 g/mol. The van der Waals surface area contributed by atoms with Crippen LogP contribution in [0, 0.1) is 17.5 Å². The molecule has 30 heavy (non-hydrogen) atoms. The van der Waals surface area contributed by atoms with Gasteiger partial charge in [0.25, 0.3) is 5.91 Å². The van der Waals surface area contributed by atoms with Crippen LogP contribution in [0.4, 0.5) is 13.2 Å². The van der Waals surface area contributed by atoms with Crippen molar-refractivity contribution < 1.29 is 31.1 Å². The van der Waals surface area contributed by atoms with Crippen molar-refractivity contribution in [3.63, 3.8) is 0 Å². The largest absolute Gasteiger partial charge is 0.374 e. The lowest BCUT2D eigenvalue weighted by Crippen LogP contribution is -2.45. The van der Waals surface area contributed by atoms with E-state index in [-0.39, 0.29) is 32.0 Å². The van der Waals surface area contributed by atoms with Crippen molar-refractivity contribution in [3.05, 3.63) is 71.0 Å². The lowest BCUT2D eigenvalue weighted by atomic mass is 10.1. The molecule has 2 heterocycles. The predicted octanol–water partition coefficient (Wildman–Crippen LogP) is 2.16. The summed E-state index contributed by atoms with van der Waals surface area (Å²) in [5.74, 6) is -3.59. The van der Waals surface area contributed by atoms with Gasteiger partial charge in [0, 0.05) is 19.6 Å². The van der Waals surface area contributed by atoms with Crippen molar-refractivity contribution in [1.29, 1.82) is 0 Å². The van der Waals surface area contributed by atoms with Crippen LogP contribution in [0.25, 0.3) is 0 Å². The number of hydrogen-bond acceptors (Lipinski definition) is 4. The molecule has 4 rings (SSSR count). The molecule has 1 amide bonds. The van der Waals surface area contributed by atoms with Crippen molar-refractivity contribution in [3.8, 4) is 0 Å². The van der Waals surface area contributed by atoms with Crippen LogP contribution in [0.15, 0.2) is 42.5 Å². The van der Waals surface area contributed by atoms with Crippen LogP contribution in [0.5, 0.6) is 0 Å². The Hall–Kier alpha value is -2.43. The maximum atomic E-state index is 14.1. The van der Waals surface area contributed by atoms with E-state index in [9.17, 15) is 26.4 Å². The number of halogens is 3. The lowest BCUT2D eigenvalue weighted by molar-refractivity contribution is 0.0444. The number of carbonyl (C=O) groups is 1. The molecule has 2 aliphatic rings. The third-order valence-corrected chi connectivity index (χ3v) is 7.13. The highest BCUT2D eigenvalue weighted by molar-refractivity contribution is 7.89. The van der Waals surface area contributed by atoms with Gasteiger partial charge in [-0.25, -0.2) is 21.6 Å². The highest BCUT2D eigenvalue weighted by Gasteiger charge is 2.46. The first-order valence-electron chi connectivity index (χ1n) is 9.35. The molecule has 2 atom stereocenters. The summed E-state index contributed by atoms with van der Waals surface area (Å²) < 4.78 is 74.2. The Balaban J connectivity index is 1.63. The van der Waals surface area contributed by atoms with Crippen LogP contribution >= 0.6 is 0 Å². The predicted molar refractivity (Wildman–Crippen MR) is 102 cm³/mol. The molecule has 160 valence electrons. The fraction of sp³-hybridized carbons (Fsp3) is 0.350. The first-order chi connectivity index (χ1) is 14.3. The molecule has 0 bridgehead atoms. The van der Waals surface area contributed by atoms with Gasteiger partial charge in [-0.1, -0.05) is 18.2 Å². The van der Waals surface area contributed by atoms with E-state index in [1.54, 1.807) is 6.07 Å². The number of amides is 1. The number of carbonyl (C=O) groups excluding carboxylic acids is 1. The molecule has 0 unspecified atom stereocenters. The second kappa shape index (κ2) is 8.01. The van der Waals surface area contributed by atoms with Crippen LogP contribution in [-0.4, -0.2) is 61.1 Å². The number of nitrogens with zero attached hydrogens (tertiary/aromatic N) is 2. The van der Waals surface area contributed by atoms with Gasteiger partial charge in [-0.05, 0) is 29.8 Å². The Morgan fingerprint density at radius 1 is 1.07 bits per heavy atom. The van der Waals surface area contributed by atoms with Crippen LogP contribution < -0.4 is 0 Å². The number of fused-ring (bicyclic) bond motifs is 1. The SMILES string of the molecule is O=C(c1c(F)cccc1F)N1C[C@@H]2OCCS(=O)(=O)N(Cc3cccc(F)c3)[C@@H]2C1. The number of rotatable bonds is 3. The van der Waals surface area contributed by atoms with Gasteiger partial charge in [0.05, 0.1) is 24.5 Å². The van der Waals surface area contributed by atoms with Crippen molar-refractivity contribution in [2.45, 2.75) is 18.7 Å². The van der Waals surface area contributed by atoms with Gasteiger partial charge in [0.2, 0.25) is 10.0 Å². The van der Waals surface area contributed by atoms with Gasteiger partial charge >= 0.3 is 0 Å². The zero-order valence-electron chi connectivity index (χ0n) is 15.8. The van der Waals surface area contributed by atoms with E-state index in [1.807, 2.05) is 0 Å². The molecule has 2 aromatic rings. The summed E-state index contributed by atoms with van der Waals surface area (Å²) in [5, 5.41) is 0. The maximum absolute atomic E-state index is 14.1.